The first-order valence-electron chi connectivity index (χ1n) is 10.1. The van der Waals surface area contributed by atoms with Crippen LogP contribution in [0.25, 0.3) is 0 Å². The number of aryl methyl sites for hydroxylation is 2. The standard InChI is InChI=1S/C22H28N4O4S/c1-16-8-9-19(17(2)14-16)23-15-20(27)24-25-22(28)21(18-6-4-3-5-7-18)26-10-12-31(29,30)13-11-26/h3-9,14,21,23H,10-13,15H2,1-2H3,(H,24,27)(H,25,28). The SMILES string of the molecule is Cc1ccc(NCC(=O)NNC(=O)C(c2ccccc2)N2CCS(=O)(=O)CC2)c(C)c1. The second-order valence-corrected chi connectivity index (χ2v) is 10.0. The van der Waals surface area contributed by atoms with Crippen molar-refractivity contribution in [1.29, 1.82) is 0 Å². The van der Waals surface area contributed by atoms with E-state index in [0.29, 0.717) is 0 Å². The van der Waals surface area contributed by atoms with E-state index in [1.807, 2.05) is 67.3 Å². The number of nitrogens with zero attached hydrogens (tertiary/aromatic N) is 1. The van der Waals surface area contributed by atoms with Crippen LogP contribution in [0.3, 0.4) is 0 Å². The molecular weight excluding hydrogens is 416 g/mol. The molecule has 1 atom stereocenters. The van der Waals surface area contributed by atoms with Gasteiger partial charge in [-0.1, -0.05) is 48.0 Å². The van der Waals surface area contributed by atoms with E-state index < -0.39 is 21.8 Å². The van der Waals surface area contributed by atoms with Gasteiger partial charge in [-0.15, -0.1) is 0 Å². The van der Waals surface area contributed by atoms with Gasteiger partial charge in [-0.3, -0.25) is 25.3 Å². The summed E-state index contributed by atoms with van der Waals surface area (Å²) in [5, 5.41) is 3.06. The van der Waals surface area contributed by atoms with Gasteiger partial charge in [0, 0.05) is 18.8 Å². The summed E-state index contributed by atoms with van der Waals surface area (Å²) in [6.07, 6.45) is 0. The molecule has 1 saturated heterocycles. The molecule has 1 fully saturated rings. The summed E-state index contributed by atoms with van der Waals surface area (Å²) >= 11 is 0. The lowest BCUT2D eigenvalue weighted by molar-refractivity contribution is -0.131. The van der Waals surface area contributed by atoms with Crippen LogP contribution in [0.2, 0.25) is 0 Å². The average Bonchev–Trinajstić information content (AvgIpc) is 2.74. The van der Waals surface area contributed by atoms with Crippen molar-refractivity contribution in [3.8, 4) is 0 Å². The highest BCUT2D eigenvalue weighted by Gasteiger charge is 2.32. The van der Waals surface area contributed by atoms with Gasteiger partial charge in [-0.2, -0.15) is 0 Å². The van der Waals surface area contributed by atoms with Crippen LogP contribution in [0.1, 0.15) is 22.7 Å². The molecule has 2 aromatic rings. The Morgan fingerprint density at radius 3 is 2.32 bits per heavy atom. The number of benzene rings is 2. The molecule has 31 heavy (non-hydrogen) atoms. The molecule has 9 heteroatoms. The molecule has 2 aromatic carbocycles. The normalized spacial score (nSPS) is 16.8. The van der Waals surface area contributed by atoms with Crippen molar-refractivity contribution in [2.45, 2.75) is 19.9 Å². The summed E-state index contributed by atoms with van der Waals surface area (Å²) in [4.78, 5) is 27.0. The highest BCUT2D eigenvalue weighted by atomic mass is 32.2. The third-order valence-corrected chi connectivity index (χ3v) is 6.86. The van der Waals surface area contributed by atoms with Crippen molar-refractivity contribution < 1.29 is 18.0 Å². The minimum atomic E-state index is -3.07. The zero-order chi connectivity index (χ0) is 22.4. The second-order valence-electron chi connectivity index (χ2n) is 7.71. The van der Waals surface area contributed by atoms with Gasteiger partial charge in [0.15, 0.2) is 9.84 Å². The van der Waals surface area contributed by atoms with E-state index >= 15 is 0 Å². The first-order valence-corrected chi connectivity index (χ1v) is 12.0. The number of hydrazine groups is 1. The van der Waals surface area contributed by atoms with Gasteiger partial charge >= 0.3 is 0 Å². The van der Waals surface area contributed by atoms with E-state index in [9.17, 15) is 18.0 Å². The number of carbonyl (C=O) groups is 2. The van der Waals surface area contributed by atoms with Crippen molar-refractivity contribution in [2.24, 2.45) is 0 Å². The number of anilines is 1. The Morgan fingerprint density at radius 2 is 1.68 bits per heavy atom. The Labute approximate surface area is 182 Å². The summed E-state index contributed by atoms with van der Waals surface area (Å²) in [7, 11) is -3.07. The largest absolute Gasteiger partial charge is 0.376 e. The van der Waals surface area contributed by atoms with E-state index in [-0.39, 0.29) is 37.0 Å². The minimum absolute atomic E-state index is 0.00213. The molecule has 1 aliphatic heterocycles. The van der Waals surface area contributed by atoms with Crippen LogP contribution < -0.4 is 16.2 Å². The average molecular weight is 445 g/mol. The molecule has 166 valence electrons. The van der Waals surface area contributed by atoms with Crippen LogP contribution in [0, 0.1) is 13.8 Å². The van der Waals surface area contributed by atoms with Gasteiger partial charge in [0.1, 0.15) is 6.04 Å². The zero-order valence-corrected chi connectivity index (χ0v) is 18.5. The maximum absolute atomic E-state index is 12.9. The fourth-order valence-corrected chi connectivity index (χ4v) is 4.81. The van der Waals surface area contributed by atoms with Crippen molar-refractivity contribution in [2.75, 3.05) is 36.5 Å². The van der Waals surface area contributed by atoms with Crippen LogP contribution in [-0.2, 0) is 19.4 Å². The summed E-state index contributed by atoms with van der Waals surface area (Å²) in [5.74, 6) is -0.780. The molecule has 0 aromatic heterocycles. The first-order chi connectivity index (χ1) is 14.7. The van der Waals surface area contributed by atoms with Gasteiger partial charge in [-0.25, -0.2) is 8.42 Å². The van der Waals surface area contributed by atoms with Crippen LogP contribution in [0.15, 0.2) is 48.5 Å². The van der Waals surface area contributed by atoms with Crippen LogP contribution >= 0.6 is 0 Å². The van der Waals surface area contributed by atoms with E-state index in [1.54, 1.807) is 0 Å². The first kappa shape index (κ1) is 22.8. The number of amides is 2. The molecule has 1 aliphatic rings. The lowest BCUT2D eigenvalue weighted by Crippen LogP contribution is -2.52. The predicted octanol–water partition coefficient (Wildman–Crippen LogP) is 1.33. The Morgan fingerprint density at radius 1 is 1.00 bits per heavy atom. The van der Waals surface area contributed by atoms with Gasteiger partial charge in [-0.05, 0) is 31.0 Å². The number of hydrogen-bond acceptors (Lipinski definition) is 6. The Kier molecular flexibility index (Phi) is 7.29. The predicted molar refractivity (Wildman–Crippen MR) is 120 cm³/mol. The highest BCUT2D eigenvalue weighted by Crippen LogP contribution is 2.23. The maximum Gasteiger partial charge on any atom is 0.260 e. The highest BCUT2D eigenvalue weighted by molar-refractivity contribution is 7.91. The quantitative estimate of drug-likeness (QED) is 0.581. The zero-order valence-electron chi connectivity index (χ0n) is 17.7. The summed E-state index contributed by atoms with van der Waals surface area (Å²) in [6.45, 7) is 4.48. The smallest absolute Gasteiger partial charge is 0.260 e. The number of nitrogens with one attached hydrogen (secondary N) is 3. The monoisotopic (exact) mass is 444 g/mol. The van der Waals surface area contributed by atoms with Crippen molar-refractivity contribution in [3.05, 3.63) is 65.2 Å². The lowest BCUT2D eigenvalue weighted by Gasteiger charge is -2.33. The molecule has 3 rings (SSSR count). The van der Waals surface area contributed by atoms with Crippen LogP contribution in [0.4, 0.5) is 5.69 Å². The van der Waals surface area contributed by atoms with E-state index in [2.05, 4.69) is 16.2 Å². The molecule has 0 saturated carbocycles. The third-order valence-electron chi connectivity index (χ3n) is 5.25. The van der Waals surface area contributed by atoms with Gasteiger partial charge in [0.05, 0.1) is 18.1 Å². The fourth-order valence-electron chi connectivity index (χ4n) is 3.58. The molecule has 1 heterocycles. The van der Waals surface area contributed by atoms with Gasteiger partial charge in [0.2, 0.25) is 0 Å². The Bertz CT molecular complexity index is 1030. The summed E-state index contributed by atoms with van der Waals surface area (Å²) < 4.78 is 23.6. The molecular formula is C22H28N4O4S. The molecule has 0 radical (unpaired) electrons. The van der Waals surface area contributed by atoms with Crippen molar-refractivity contribution in [3.63, 3.8) is 0 Å². The molecule has 2 amide bonds. The topological polar surface area (TPSA) is 108 Å². The molecule has 1 unspecified atom stereocenters. The minimum Gasteiger partial charge on any atom is -0.376 e. The van der Waals surface area contributed by atoms with Gasteiger partial charge in [0.25, 0.3) is 11.8 Å². The molecule has 0 spiro atoms. The lowest BCUT2D eigenvalue weighted by atomic mass is 10.0. The Hall–Kier alpha value is -2.91. The van der Waals surface area contributed by atoms with Gasteiger partial charge < -0.3 is 5.32 Å². The number of rotatable bonds is 6. The Balaban J connectivity index is 1.60. The molecule has 8 nitrogen and oxygen atoms in total. The van der Waals surface area contributed by atoms with Crippen LogP contribution in [0.5, 0.6) is 0 Å². The molecule has 0 aliphatic carbocycles. The van der Waals surface area contributed by atoms with Crippen molar-refractivity contribution in [1.82, 2.24) is 15.8 Å². The third kappa shape index (κ3) is 6.28. The van der Waals surface area contributed by atoms with Crippen molar-refractivity contribution >= 4 is 27.3 Å². The van der Waals surface area contributed by atoms with E-state index in [0.717, 1.165) is 22.4 Å². The second kappa shape index (κ2) is 9.93. The number of sulfone groups is 1. The summed E-state index contributed by atoms with van der Waals surface area (Å²) in [5.41, 5.74) is 8.69. The van der Waals surface area contributed by atoms with E-state index in [1.165, 1.54) is 0 Å². The molecule has 0 bridgehead atoms. The summed E-state index contributed by atoms with van der Waals surface area (Å²) in [6, 6.07) is 14.3. The van der Waals surface area contributed by atoms with E-state index in [4.69, 9.17) is 0 Å². The number of hydrogen-bond donors (Lipinski definition) is 3. The number of carbonyl (C=O) groups excluding carboxylic acids is 2. The van der Waals surface area contributed by atoms with Crippen LogP contribution in [-0.4, -0.2) is 56.3 Å². The maximum atomic E-state index is 12.9. The molecule has 3 N–H and O–H groups in total. The fraction of sp³-hybridized carbons (Fsp3) is 0.364.